The van der Waals surface area contributed by atoms with Crippen LogP contribution in [0.4, 0.5) is 5.69 Å². The third-order valence-electron chi connectivity index (χ3n) is 7.17. The molecule has 1 unspecified atom stereocenters. The largest absolute Gasteiger partial charge is 0.454 e. The smallest absolute Gasteiger partial charge is 0.231 e. The second-order valence-electron chi connectivity index (χ2n) is 8.91. The molecule has 0 spiro atoms. The third-order valence-corrected chi connectivity index (χ3v) is 7.39. The van der Waals surface area contributed by atoms with E-state index in [2.05, 4.69) is 17.6 Å². The lowest BCUT2D eigenvalue weighted by molar-refractivity contribution is -0.0709. The van der Waals surface area contributed by atoms with Gasteiger partial charge in [-0.15, -0.1) is 0 Å². The van der Waals surface area contributed by atoms with Gasteiger partial charge in [0.15, 0.2) is 16.6 Å². The fraction of sp³-hybridized carbons (Fsp3) is 0.667. The highest BCUT2D eigenvalue weighted by molar-refractivity contribution is 7.80. The van der Waals surface area contributed by atoms with Gasteiger partial charge in [-0.1, -0.05) is 6.92 Å². The minimum atomic E-state index is 0.297. The number of fused-ring (bicyclic) bond motifs is 1. The van der Waals surface area contributed by atoms with Gasteiger partial charge >= 0.3 is 0 Å². The molecular formula is C21H28N2O2S. The van der Waals surface area contributed by atoms with E-state index in [-0.39, 0.29) is 0 Å². The van der Waals surface area contributed by atoms with Crippen LogP contribution in [-0.4, -0.2) is 17.9 Å². The molecule has 1 aromatic carbocycles. The van der Waals surface area contributed by atoms with Crippen molar-refractivity contribution in [3.8, 4) is 11.5 Å². The molecule has 5 heteroatoms. The Bertz CT molecular complexity index is 685. The number of thiocarbonyl (C=S) groups is 1. The van der Waals surface area contributed by atoms with Gasteiger partial charge in [-0.2, -0.15) is 0 Å². The van der Waals surface area contributed by atoms with E-state index < -0.39 is 0 Å². The van der Waals surface area contributed by atoms with E-state index in [0.717, 1.165) is 46.5 Å². The van der Waals surface area contributed by atoms with Crippen LogP contribution in [0.2, 0.25) is 0 Å². The number of nitrogens with one attached hydrogen (secondary N) is 2. The Balaban J connectivity index is 1.28. The average molecular weight is 373 g/mol. The van der Waals surface area contributed by atoms with Crippen molar-refractivity contribution in [2.75, 3.05) is 12.1 Å². The number of hydrogen-bond donors (Lipinski definition) is 2. The lowest BCUT2D eigenvalue weighted by Gasteiger charge is -2.59. The van der Waals surface area contributed by atoms with Crippen LogP contribution in [0, 0.1) is 23.2 Å². The molecule has 0 saturated heterocycles. The van der Waals surface area contributed by atoms with Gasteiger partial charge < -0.3 is 20.1 Å². The first-order valence-electron chi connectivity index (χ1n) is 10.1. The van der Waals surface area contributed by atoms with Crippen LogP contribution < -0.4 is 20.1 Å². The molecule has 4 nitrogen and oxygen atoms in total. The Morgan fingerprint density at radius 3 is 2.42 bits per heavy atom. The summed E-state index contributed by atoms with van der Waals surface area (Å²) in [4.78, 5) is 0. The van der Waals surface area contributed by atoms with E-state index in [4.69, 9.17) is 21.7 Å². The second-order valence-corrected chi connectivity index (χ2v) is 9.32. The third kappa shape index (κ3) is 2.84. The maximum atomic E-state index is 5.67. The molecule has 1 aliphatic heterocycles. The minimum Gasteiger partial charge on any atom is -0.454 e. The molecule has 1 heterocycles. The van der Waals surface area contributed by atoms with Crippen molar-refractivity contribution in [2.45, 2.75) is 57.9 Å². The number of rotatable bonds is 4. The van der Waals surface area contributed by atoms with E-state index in [0.29, 0.717) is 18.2 Å². The summed E-state index contributed by atoms with van der Waals surface area (Å²) >= 11 is 5.67. The molecule has 0 radical (unpaired) electrons. The summed E-state index contributed by atoms with van der Waals surface area (Å²) in [6.07, 6.45) is 9.78. The zero-order valence-electron chi connectivity index (χ0n) is 15.4. The summed E-state index contributed by atoms with van der Waals surface area (Å²) in [7, 11) is 0. The molecule has 4 aliphatic carbocycles. The highest BCUT2D eigenvalue weighted by Crippen LogP contribution is 2.61. The van der Waals surface area contributed by atoms with Gasteiger partial charge in [0.2, 0.25) is 6.79 Å². The Morgan fingerprint density at radius 1 is 1.12 bits per heavy atom. The van der Waals surface area contributed by atoms with Crippen LogP contribution in [0.25, 0.3) is 0 Å². The van der Waals surface area contributed by atoms with Crippen molar-refractivity contribution in [3.63, 3.8) is 0 Å². The van der Waals surface area contributed by atoms with Crippen LogP contribution in [0.15, 0.2) is 18.2 Å². The van der Waals surface area contributed by atoms with Crippen molar-refractivity contribution in [1.29, 1.82) is 0 Å². The summed E-state index contributed by atoms with van der Waals surface area (Å²) in [5, 5.41) is 7.77. The normalized spacial score (nSPS) is 34.6. The predicted molar refractivity (Wildman–Crippen MR) is 107 cm³/mol. The highest BCUT2D eigenvalue weighted by Gasteiger charge is 2.53. The maximum absolute atomic E-state index is 5.67. The van der Waals surface area contributed by atoms with Crippen molar-refractivity contribution >= 4 is 23.0 Å². The first kappa shape index (κ1) is 16.7. The van der Waals surface area contributed by atoms with Gasteiger partial charge in [-0.3, -0.25) is 0 Å². The Hall–Kier alpha value is -1.49. The average Bonchev–Trinajstić information content (AvgIpc) is 3.06. The van der Waals surface area contributed by atoms with Gasteiger partial charge in [-0.25, -0.2) is 0 Å². The van der Waals surface area contributed by atoms with Crippen LogP contribution in [-0.2, 0) is 0 Å². The maximum Gasteiger partial charge on any atom is 0.231 e. The highest BCUT2D eigenvalue weighted by atomic mass is 32.1. The molecule has 0 aromatic heterocycles. The number of hydrogen-bond acceptors (Lipinski definition) is 3. The summed E-state index contributed by atoms with van der Waals surface area (Å²) in [5.74, 6) is 4.48. The summed E-state index contributed by atoms with van der Waals surface area (Å²) in [6.45, 7) is 2.60. The summed E-state index contributed by atoms with van der Waals surface area (Å²) in [6, 6.07) is 6.36. The molecule has 5 aliphatic rings. The Morgan fingerprint density at radius 2 is 1.77 bits per heavy atom. The van der Waals surface area contributed by atoms with Crippen molar-refractivity contribution in [1.82, 2.24) is 5.32 Å². The molecule has 4 saturated carbocycles. The second kappa shape index (κ2) is 6.29. The molecule has 26 heavy (non-hydrogen) atoms. The number of ether oxygens (including phenoxy) is 2. The van der Waals surface area contributed by atoms with Gasteiger partial charge in [0, 0.05) is 17.8 Å². The SMILES string of the molecule is CCC(NC(=S)Nc1ccc2c(c1)OCO2)C12CC3CC(CC(C3)C1)C2. The predicted octanol–water partition coefficient (Wildman–Crippen LogP) is 4.70. The quantitative estimate of drug-likeness (QED) is 0.750. The summed E-state index contributed by atoms with van der Waals surface area (Å²) < 4.78 is 10.8. The van der Waals surface area contributed by atoms with E-state index in [9.17, 15) is 0 Å². The molecule has 6 rings (SSSR count). The van der Waals surface area contributed by atoms with Gasteiger partial charge in [0.05, 0.1) is 0 Å². The van der Waals surface area contributed by atoms with Crippen LogP contribution >= 0.6 is 12.2 Å². The molecular weight excluding hydrogens is 344 g/mol. The lowest BCUT2D eigenvalue weighted by Crippen LogP contribution is -2.57. The molecule has 4 bridgehead atoms. The van der Waals surface area contributed by atoms with E-state index in [1.54, 1.807) is 0 Å². The van der Waals surface area contributed by atoms with Crippen LogP contribution in [0.3, 0.4) is 0 Å². The zero-order chi connectivity index (χ0) is 17.7. The Labute approximate surface area is 161 Å². The fourth-order valence-electron chi connectivity index (χ4n) is 6.59. The molecule has 0 amide bonds. The fourth-order valence-corrected chi connectivity index (χ4v) is 6.85. The minimum absolute atomic E-state index is 0.297. The molecule has 2 N–H and O–H groups in total. The molecule has 1 aromatic rings. The van der Waals surface area contributed by atoms with Crippen molar-refractivity contribution < 1.29 is 9.47 Å². The standard InChI is InChI=1S/C21H28N2O2S/c1-2-19(21-9-13-5-14(10-21)7-15(6-13)11-21)23-20(26)22-16-3-4-17-18(8-16)25-12-24-17/h3-4,8,13-15,19H,2,5-7,9-12H2,1H3,(H2,22,23,26). The van der Waals surface area contributed by atoms with Gasteiger partial charge in [0.25, 0.3) is 0 Å². The van der Waals surface area contributed by atoms with E-state index in [1.807, 2.05) is 18.2 Å². The molecule has 1 atom stereocenters. The van der Waals surface area contributed by atoms with Crippen LogP contribution in [0.5, 0.6) is 11.5 Å². The zero-order valence-corrected chi connectivity index (χ0v) is 16.2. The lowest BCUT2D eigenvalue weighted by atomic mass is 9.47. The number of anilines is 1. The van der Waals surface area contributed by atoms with E-state index >= 15 is 0 Å². The topological polar surface area (TPSA) is 42.5 Å². The monoisotopic (exact) mass is 372 g/mol. The first-order chi connectivity index (χ1) is 12.6. The number of benzene rings is 1. The van der Waals surface area contributed by atoms with Crippen molar-refractivity contribution in [2.24, 2.45) is 23.2 Å². The van der Waals surface area contributed by atoms with Crippen LogP contribution in [0.1, 0.15) is 51.9 Å². The van der Waals surface area contributed by atoms with Gasteiger partial charge in [-0.05, 0) is 92.5 Å². The van der Waals surface area contributed by atoms with Crippen molar-refractivity contribution in [3.05, 3.63) is 18.2 Å². The molecule has 140 valence electrons. The Kier molecular flexibility index (Phi) is 4.03. The van der Waals surface area contributed by atoms with E-state index in [1.165, 1.54) is 38.5 Å². The van der Waals surface area contributed by atoms with Gasteiger partial charge in [0.1, 0.15) is 0 Å². The molecule has 4 fully saturated rings. The first-order valence-corrected chi connectivity index (χ1v) is 10.5. The summed E-state index contributed by atoms with van der Waals surface area (Å²) in [5.41, 5.74) is 1.41.